The van der Waals surface area contributed by atoms with Gasteiger partial charge in [0.2, 0.25) is 0 Å². The molecule has 9 heteroatoms. The van der Waals surface area contributed by atoms with Gasteiger partial charge in [-0.1, -0.05) is 6.07 Å². The summed E-state index contributed by atoms with van der Waals surface area (Å²) in [5.74, 6) is -2.79. The highest BCUT2D eigenvalue weighted by atomic mass is 19.1. The van der Waals surface area contributed by atoms with Gasteiger partial charge in [-0.15, -0.1) is 0 Å². The standard InChI is InChI=1S/C11H6FN3O5/c12-7-2-1-3-8(9(7)10(16)17)20-11-13-4-6(5-14-11)15(18)19/h1-5H,(H,16,17). The van der Waals surface area contributed by atoms with Crippen LogP contribution in [0.3, 0.4) is 0 Å². The van der Waals surface area contributed by atoms with Crippen molar-refractivity contribution < 1.29 is 24.0 Å². The van der Waals surface area contributed by atoms with Crippen molar-refractivity contribution in [2.45, 2.75) is 0 Å². The summed E-state index contributed by atoms with van der Waals surface area (Å²) < 4.78 is 18.4. The van der Waals surface area contributed by atoms with Gasteiger partial charge in [-0.2, -0.15) is 9.97 Å². The number of nitro groups is 1. The van der Waals surface area contributed by atoms with Crippen LogP contribution in [0, 0.1) is 15.9 Å². The third-order valence-electron chi connectivity index (χ3n) is 2.22. The predicted molar refractivity (Wildman–Crippen MR) is 62.1 cm³/mol. The first-order chi connectivity index (χ1) is 9.49. The van der Waals surface area contributed by atoms with Gasteiger partial charge in [0.25, 0.3) is 0 Å². The molecule has 2 aromatic rings. The lowest BCUT2D eigenvalue weighted by Gasteiger charge is -2.07. The van der Waals surface area contributed by atoms with Gasteiger partial charge in [-0.3, -0.25) is 10.1 Å². The average Bonchev–Trinajstić information content (AvgIpc) is 2.39. The molecule has 0 radical (unpaired) electrons. The molecular weight excluding hydrogens is 273 g/mol. The van der Waals surface area contributed by atoms with Crippen LogP contribution in [0.5, 0.6) is 11.8 Å². The van der Waals surface area contributed by atoms with E-state index in [9.17, 15) is 19.3 Å². The van der Waals surface area contributed by atoms with E-state index in [2.05, 4.69) is 9.97 Å². The van der Waals surface area contributed by atoms with Crippen molar-refractivity contribution in [2.24, 2.45) is 0 Å². The molecular formula is C11H6FN3O5. The number of aromatic nitrogens is 2. The number of carboxylic acid groups (broad SMARTS) is 1. The minimum atomic E-state index is -1.51. The van der Waals surface area contributed by atoms with E-state index in [-0.39, 0.29) is 17.4 Å². The highest BCUT2D eigenvalue weighted by molar-refractivity contribution is 5.91. The summed E-state index contributed by atoms with van der Waals surface area (Å²) in [6.07, 6.45) is 1.78. The molecule has 2 rings (SSSR count). The van der Waals surface area contributed by atoms with E-state index >= 15 is 0 Å². The molecule has 0 atom stereocenters. The van der Waals surface area contributed by atoms with Crippen LogP contribution >= 0.6 is 0 Å². The Labute approximate surface area is 110 Å². The van der Waals surface area contributed by atoms with Gasteiger partial charge < -0.3 is 9.84 Å². The molecule has 0 unspecified atom stereocenters. The molecule has 0 bridgehead atoms. The van der Waals surface area contributed by atoms with Crippen molar-refractivity contribution in [3.05, 3.63) is 52.1 Å². The summed E-state index contributed by atoms with van der Waals surface area (Å²) in [6.45, 7) is 0. The molecule has 1 heterocycles. The van der Waals surface area contributed by atoms with Gasteiger partial charge >= 0.3 is 17.7 Å². The zero-order valence-electron chi connectivity index (χ0n) is 9.69. The average molecular weight is 279 g/mol. The van der Waals surface area contributed by atoms with Crippen molar-refractivity contribution in [1.82, 2.24) is 9.97 Å². The van der Waals surface area contributed by atoms with Crippen molar-refractivity contribution in [3.63, 3.8) is 0 Å². The fraction of sp³-hybridized carbons (Fsp3) is 0. The molecule has 1 N–H and O–H groups in total. The number of halogens is 1. The number of nitrogens with zero attached hydrogens (tertiary/aromatic N) is 3. The van der Waals surface area contributed by atoms with Crippen LogP contribution in [0.2, 0.25) is 0 Å². The molecule has 1 aromatic carbocycles. The minimum absolute atomic E-state index is 0.300. The molecule has 0 saturated carbocycles. The van der Waals surface area contributed by atoms with E-state index in [0.29, 0.717) is 0 Å². The van der Waals surface area contributed by atoms with E-state index < -0.39 is 22.3 Å². The number of carboxylic acids is 1. The number of hydrogen-bond acceptors (Lipinski definition) is 6. The highest BCUT2D eigenvalue weighted by Crippen LogP contribution is 2.25. The normalized spacial score (nSPS) is 10.1. The van der Waals surface area contributed by atoms with E-state index in [1.54, 1.807) is 0 Å². The molecule has 8 nitrogen and oxygen atoms in total. The highest BCUT2D eigenvalue weighted by Gasteiger charge is 2.18. The summed E-state index contributed by atoms with van der Waals surface area (Å²) >= 11 is 0. The summed E-state index contributed by atoms with van der Waals surface area (Å²) in [6, 6.07) is 3.11. The molecule has 0 aliphatic heterocycles. The smallest absolute Gasteiger partial charge is 0.342 e. The number of ether oxygens (including phenoxy) is 1. The first-order valence-electron chi connectivity index (χ1n) is 5.15. The van der Waals surface area contributed by atoms with Crippen molar-refractivity contribution in [1.29, 1.82) is 0 Å². The fourth-order valence-electron chi connectivity index (χ4n) is 1.35. The SMILES string of the molecule is O=C(O)c1c(F)cccc1Oc1ncc([N+](=O)[O-])cn1. The molecule has 0 aliphatic carbocycles. The molecule has 0 spiro atoms. The van der Waals surface area contributed by atoms with E-state index in [4.69, 9.17) is 9.84 Å². The predicted octanol–water partition coefficient (Wildman–Crippen LogP) is 2.01. The molecule has 0 aliphatic rings. The van der Waals surface area contributed by atoms with E-state index in [0.717, 1.165) is 18.5 Å². The first-order valence-corrected chi connectivity index (χ1v) is 5.15. The number of benzene rings is 1. The Bertz CT molecular complexity index is 674. The maximum absolute atomic E-state index is 13.4. The quantitative estimate of drug-likeness (QED) is 0.672. The second-order valence-electron chi connectivity index (χ2n) is 3.50. The number of carbonyl (C=O) groups is 1. The van der Waals surface area contributed by atoms with Crippen molar-refractivity contribution in [3.8, 4) is 11.8 Å². The molecule has 0 fully saturated rings. The topological polar surface area (TPSA) is 115 Å². The third-order valence-corrected chi connectivity index (χ3v) is 2.22. The van der Waals surface area contributed by atoms with Gasteiger partial charge in [0.1, 0.15) is 29.5 Å². The van der Waals surface area contributed by atoms with Crippen LogP contribution in [-0.4, -0.2) is 26.0 Å². The maximum atomic E-state index is 13.4. The molecule has 0 amide bonds. The Morgan fingerprint density at radius 1 is 1.35 bits per heavy atom. The zero-order chi connectivity index (χ0) is 14.7. The molecule has 20 heavy (non-hydrogen) atoms. The number of rotatable bonds is 4. The van der Waals surface area contributed by atoms with Gasteiger partial charge in [-0.05, 0) is 12.1 Å². The van der Waals surface area contributed by atoms with Gasteiger partial charge in [0.15, 0.2) is 0 Å². The molecule has 1 aromatic heterocycles. The Morgan fingerprint density at radius 3 is 2.55 bits per heavy atom. The van der Waals surface area contributed by atoms with Crippen LogP contribution in [-0.2, 0) is 0 Å². The maximum Gasteiger partial charge on any atom is 0.342 e. The zero-order valence-corrected chi connectivity index (χ0v) is 9.69. The minimum Gasteiger partial charge on any atom is -0.477 e. The molecule has 0 saturated heterocycles. The van der Waals surface area contributed by atoms with Crippen molar-refractivity contribution in [2.75, 3.05) is 0 Å². The van der Waals surface area contributed by atoms with Crippen molar-refractivity contribution >= 4 is 11.7 Å². The lowest BCUT2D eigenvalue weighted by atomic mass is 10.2. The van der Waals surface area contributed by atoms with Gasteiger partial charge in [0.05, 0.1) is 4.92 Å². The van der Waals surface area contributed by atoms with Crippen LogP contribution in [0.4, 0.5) is 10.1 Å². The van der Waals surface area contributed by atoms with Gasteiger partial charge in [-0.25, -0.2) is 9.18 Å². The van der Waals surface area contributed by atoms with E-state index in [1.165, 1.54) is 12.1 Å². The third kappa shape index (κ3) is 2.66. The summed E-state index contributed by atoms with van der Waals surface area (Å²) in [4.78, 5) is 27.7. The van der Waals surface area contributed by atoms with Crippen LogP contribution in [0.1, 0.15) is 10.4 Å². The van der Waals surface area contributed by atoms with Crippen LogP contribution in [0.25, 0.3) is 0 Å². The van der Waals surface area contributed by atoms with Gasteiger partial charge in [0, 0.05) is 0 Å². The fourth-order valence-corrected chi connectivity index (χ4v) is 1.35. The Balaban J connectivity index is 2.33. The Kier molecular flexibility index (Phi) is 3.51. The summed E-state index contributed by atoms with van der Waals surface area (Å²) in [7, 11) is 0. The lowest BCUT2D eigenvalue weighted by Crippen LogP contribution is -2.04. The van der Waals surface area contributed by atoms with Crippen LogP contribution in [0.15, 0.2) is 30.6 Å². The van der Waals surface area contributed by atoms with E-state index in [1.807, 2.05) is 0 Å². The number of hydrogen-bond donors (Lipinski definition) is 1. The molecule has 102 valence electrons. The number of aromatic carboxylic acids is 1. The second kappa shape index (κ2) is 5.26. The lowest BCUT2D eigenvalue weighted by molar-refractivity contribution is -0.385. The largest absolute Gasteiger partial charge is 0.477 e. The van der Waals surface area contributed by atoms with Crippen LogP contribution < -0.4 is 4.74 Å². The first kappa shape index (κ1) is 13.3. The summed E-state index contributed by atoms with van der Waals surface area (Å²) in [5, 5.41) is 19.3. The monoisotopic (exact) mass is 279 g/mol. The Morgan fingerprint density at radius 2 is 2.00 bits per heavy atom. The Hall–Kier alpha value is -3.10. The summed E-state index contributed by atoms with van der Waals surface area (Å²) in [5.41, 5.74) is -1.02. The second-order valence-corrected chi connectivity index (χ2v) is 3.50.